The van der Waals surface area contributed by atoms with Gasteiger partial charge in [-0.15, -0.1) is 0 Å². The van der Waals surface area contributed by atoms with Crippen molar-refractivity contribution >= 4 is 23.4 Å². The van der Waals surface area contributed by atoms with E-state index in [4.69, 9.17) is 9.47 Å². The van der Waals surface area contributed by atoms with Gasteiger partial charge in [-0.05, 0) is 50.1 Å². The zero-order valence-corrected chi connectivity index (χ0v) is 18.4. The number of fused-ring (bicyclic) bond motifs is 1. The van der Waals surface area contributed by atoms with Gasteiger partial charge in [0, 0.05) is 5.69 Å². The van der Waals surface area contributed by atoms with Gasteiger partial charge in [-0.25, -0.2) is 4.79 Å². The molecule has 0 unspecified atom stereocenters. The van der Waals surface area contributed by atoms with Crippen LogP contribution in [0.3, 0.4) is 0 Å². The largest absolute Gasteiger partial charge is 0.482 e. The van der Waals surface area contributed by atoms with E-state index in [1.165, 1.54) is 0 Å². The number of hydrogen-bond acceptors (Lipinski definition) is 4. The molecule has 0 spiro atoms. The first-order valence-electron chi connectivity index (χ1n) is 10.5. The number of nitrogens with one attached hydrogen (secondary N) is 1. The lowest BCUT2D eigenvalue weighted by molar-refractivity contribution is -0.121. The average Bonchev–Trinajstić information content (AvgIpc) is 2.76. The quantitative estimate of drug-likeness (QED) is 0.589. The minimum atomic E-state index is -0.616. The lowest BCUT2D eigenvalue weighted by Crippen LogP contribution is -2.42. The van der Waals surface area contributed by atoms with Gasteiger partial charge in [-0.2, -0.15) is 0 Å². The molecule has 3 aromatic carbocycles. The minimum absolute atomic E-state index is 0.0536. The third-order valence-electron chi connectivity index (χ3n) is 4.97. The first-order valence-corrected chi connectivity index (χ1v) is 10.5. The monoisotopic (exact) mass is 430 g/mol. The summed E-state index contributed by atoms with van der Waals surface area (Å²) in [5, 5.41) is 2.75. The summed E-state index contributed by atoms with van der Waals surface area (Å²) in [5.41, 5.74) is 2.44. The van der Waals surface area contributed by atoms with Crippen LogP contribution >= 0.6 is 0 Å². The lowest BCUT2D eigenvalue weighted by atomic mass is 9.95. The molecule has 0 atom stereocenters. The van der Waals surface area contributed by atoms with E-state index < -0.39 is 11.7 Å². The van der Waals surface area contributed by atoms with E-state index in [0.29, 0.717) is 17.1 Å². The Hall–Kier alpha value is -3.80. The second-order valence-electron chi connectivity index (χ2n) is 8.59. The Morgan fingerprint density at radius 1 is 0.969 bits per heavy atom. The van der Waals surface area contributed by atoms with Crippen LogP contribution in [0.4, 0.5) is 16.2 Å². The van der Waals surface area contributed by atoms with Gasteiger partial charge >= 0.3 is 6.09 Å². The summed E-state index contributed by atoms with van der Waals surface area (Å²) in [6.07, 6.45) is -0.560. The van der Waals surface area contributed by atoms with Crippen LogP contribution in [0.25, 0.3) is 0 Å². The van der Waals surface area contributed by atoms with Gasteiger partial charge in [0.1, 0.15) is 11.4 Å². The zero-order valence-electron chi connectivity index (χ0n) is 18.4. The zero-order chi connectivity index (χ0) is 22.7. The van der Waals surface area contributed by atoms with E-state index in [1.807, 2.05) is 60.7 Å². The molecule has 2 amide bonds. The van der Waals surface area contributed by atoms with E-state index in [9.17, 15) is 9.59 Å². The van der Waals surface area contributed by atoms with Gasteiger partial charge in [0.15, 0.2) is 6.61 Å². The molecule has 0 aromatic heterocycles. The number of anilines is 2. The van der Waals surface area contributed by atoms with Gasteiger partial charge in [0.25, 0.3) is 5.91 Å². The number of ether oxygens (including phenoxy) is 2. The second-order valence-corrected chi connectivity index (χ2v) is 8.59. The molecule has 1 N–H and O–H groups in total. The molecule has 1 aliphatic rings. The third-order valence-corrected chi connectivity index (χ3v) is 4.97. The summed E-state index contributed by atoms with van der Waals surface area (Å²) in [6, 6.07) is 24.6. The standard InChI is InChI=1S/C26H26N2O4/c1-26(2,3)32-25(30)27-20-14-15-22-21(16-20)28(23(29)17-31-22)24(18-10-6-4-7-11-18)19-12-8-5-9-13-19/h4-16,24H,17H2,1-3H3,(H,27,30). The van der Waals surface area contributed by atoms with Gasteiger partial charge in [-0.1, -0.05) is 60.7 Å². The van der Waals surface area contributed by atoms with Crippen LogP contribution in [-0.4, -0.2) is 24.2 Å². The van der Waals surface area contributed by atoms with Crippen LogP contribution in [0.1, 0.15) is 37.9 Å². The molecular weight excluding hydrogens is 404 g/mol. The van der Waals surface area contributed by atoms with E-state index in [-0.39, 0.29) is 18.6 Å². The van der Waals surface area contributed by atoms with Gasteiger partial charge < -0.3 is 9.47 Å². The Balaban J connectivity index is 1.76. The fourth-order valence-electron chi connectivity index (χ4n) is 3.71. The number of amides is 2. The van der Waals surface area contributed by atoms with Crippen LogP contribution in [0.15, 0.2) is 78.9 Å². The first-order chi connectivity index (χ1) is 15.3. The smallest absolute Gasteiger partial charge is 0.412 e. The van der Waals surface area contributed by atoms with Crippen molar-refractivity contribution in [3.63, 3.8) is 0 Å². The molecule has 4 rings (SSSR count). The molecule has 0 aliphatic carbocycles. The maximum absolute atomic E-state index is 13.2. The molecule has 0 bridgehead atoms. The molecule has 0 fully saturated rings. The highest BCUT2D eigenvalue weighted by atomic mass is 16.6. The van der Waals surface area contributed by atoms with E-state index in [2.05, 4.69) is 5.32 Å². The summed E-state index contributed by atoms with van der Waals surface area (Å²) >= 11 is 0. The highest BCUT2D eigenvalue weighted by molar-refractivity contribution is 6.00. The SMILES string of the molecule is CC(C)(C)OC(=O)Nc1ccc2c(c1)N(C(c1ccccc1)c1ccccc1)C(=O)CO2. The molecular formula is C26H26N2O4. The molecule has 1 heterocycles. The van der Waals surface area contributed by atoms with E-state index in [0.717, 1.165) is 11.1 Å². The predicted octanol–water partition coefficient (Wildman–Crippen LogP) is 5.55. The van der Waals surface area contributed by atoms with Crippen molar-refractivity contribution in [1.29, 1.82) is 0 Å². The van der Waals surface area contributed by atoms with Gasteiger partial charge in [0.2, 0.25) is 0 Å². The topological polar surface area (TPSA) is 67.9 Å². The highest BCUT2D eigenvalue weighted by Crippen LogP contribution is 2.41. The van der Waals surface area contributed by atoms with Crippen molar-refractivity contribution in [3.05, 3.63) is 90.0 Å². The summed E-state index contributed by atoms with van der Waals surface area (Å²) in [6.45, 7) is 5.36. The van der Waals surface area contributed by atoms with Crippen molar-refractivity contribution in [2.45, 2.75) is 32.4 Å². The maximum atomic E-state index is 13.2. The van der Waals surface area contributed by atoms with Crippen molar-refractivity contribution in [2.24, 2.45) is 0 Å². The number of benzene rings is 3. The Kier molecular flexibility index (Phi) is 5.86. The lowest BCUT2D eigenvalue weighted by Gasteiger charge is -2.36. The molecule has 0 radical (unpaired) electrons. The number of rotatable bonds is 4. The Bertz CT molecular complexity index is 1070. The van der Waals surface area contributed by atoms with Crippen LogP contribution in [-0.2, 0) is 9.53 Å². The molecule has 6 heteroatoms. The summed E-state index contributed by atoms with van der Waals surface area (Å²) in [5.74, 6) is 0.417. The molecule has 3 aromatic rings. The normalized spacial score (nSPS) is 13.4. The molecule has 0 saturated heterocycles. The molecule has 1 aliphatic heterocycles. The third kappa shape index (κ3) is 4.75. The number of nitrogens with zero attached hydrogens (tertiary/aromatic N) is 1. The predicted molar refractivity (Wildman–Crippen MR) is 124 cm³/mol. The number of carbonyl (C=O) groups excluding carboxylic acids is 2. The minimum Gasteiger partial charge on any atom is -0.482 e. The van der Waals surface area contributed by atoms with Crippen LogP contribution in [0.2, 0.25) is 0 Å². The van der Waals surface area contributed by atoms with Crippen LogP contribution in [0.5, 0.6) is 5.75 Å². The van der Waals surface area contributed by atoms with Crippen molar-refractivity contribution in [2.75, 3.05) is 16.8 Å². The summed E-state index contributed by atoms with van der Waals surface area (Å²) < 4.78 is 11.1. The van der Waals surface area contributed by atoms with Crippen molar-refractivity contribution in [3.8, 4) is 5.75 Å². The second kappa shape index (κ2) is 8.75. The summed E-state index contributed by atoms with van der Waals surface area (Å²) in [4.78, 5) is 27.2. The molecule has 0 saturated carbocycles. The first kappa shape index (κ1) is 21.4. The Morgan fingerprint density at radius 2 is 1.56 bits per heavy atom. The number of hydrogen-bond donors (Lipinski definition) is 1. The van der Waals surface area contributed by atoms with Crippen molar-refractivity contribution in [1.82, 2.24) is 0 Å². The fraction of sp³-hybridized carbons (Fsp3) is 0.231. The Labute approximate surface area is 187 Å². The average molecular weight is 431 g/mol. The van der Waals surface area contributed by atoms with Crippen LogP contribution in [0, 0.1) is 0 Å². The number of carbonyl (C=O) groups is 2. The maximum Gasteiger partial charge on any atom is 0.412 e. The van der Waals surface area contributed by atoms with E-state index >= 15 is 0 Å². The summed E-state index contributed by atoms with van der Waals surface area (Å²) in [7, 11) is 0. The van der Waals surface area contributed by atoms with Gasteiger partial charge in [0.05, 0.1) is 11.7 Å². The van der Waals surface area contributed by atoms with Crippen molar-refractivity contribution < 1.29 is 19.1 Å². The Morgan fingerprint density at radius 3 is 2.12 bits per heavy atom. The highest BCUT2D eigenvalue weighted by Gasteiger charge is 2.34. The van der Waals surface area contributed by atoms with Gasteiger partial charge in [-0.3, -0.25) is 15.0 Å². The molecule has 32 heavy (non-hydrogen) atoms. The fourth-order valence-corrected chi connectivity index (χ4v) is 3.71. The van der Waals surface area contributed by atoms with E-state index in [1.54, 1.807) is 43.9 Å². The molecule has 164 valence electrons. The van der Waals surface area contributed by atoms with Crippen LogP contribution < -0.4 is 15.0 Å². The molecule has 6 nitrogen and oxygen atoms in total.